The molecule has 11 heteroatoms. The highest BCUT2D eigenvalue weighted by molar-refractivity contribution is 6.29. The first-order chi connectivity index (χ1) is 12.1. The van der Waals surface area contributed by atoms with E-state index in [1.54, 1.807) is 0 Å². The van der Waals surface area contributed by atoms with Gasteiger partial charge in [-0.1, -0.05) is 11.6 Å². The molecule has 0 spiro atoms. The van der Waals surface area contributed by atoms with Crippen molar-refractivity contribution in [2.45, 2.75) is 0 Å². The first-order valence-electron chi connectivity index (χ1n) is 6.71. The van der Waals surface area contributed by atoms with Crippen LogP contribution in [0.3, 0.4) is 0 Å². The van der Waals surface area contributed by atoms with Crippen LogP contribution < -0.4 is 11.2 Å². The second-order valence-electron chi connectivity index (χ2n) is 5.10. The summed E-state index contributed by atoms with van der Waals surface area (Å²) in [6, 6.07) is 0.849. The smallest absolute Gasteiger partial charge is 0.341 e. The molecule has 1 aromatic carbocycles. The Morgan fingerprint density at radius 1 is 1.15 bits per heavy atom. The molecule has 0 unspecified atom stereocenters. The summed E-state index contributed by atoms with van der Waals surface area (Å²) in [6.07, 6.45) is 0.563. The van der Waals surface area contributed by atoms with Crippen molar-refractivity contribution in [1.82, 2.24) is 9.55 Å². The van der Waals surface area contributed by atoms with Crippen LogP contribution in [0.15, 0.2) is 23.1 Å². The van der Waals surface area contributed by atoms with E-state index in [1.165, 1.54) is 0 Å². The Morgan fingerprint density at radius 2 is 1.81 bits per heavy atom. The molecule has 3 aromatic rings. The Labute approximate surface area is 146 Å². The van der Waals surface area contributed by atoms with Crippen LogP contribution in [-0.4, -0.2) is 20.6 Å². The molecule has 134 valence electrons. The van der Waals surface area contributed by atoms with Crippen molar-refractivity contribution < 1.29 is 27.5 Å². The van der Waals surface area contributed by atoms with Crippen LogP contribution in [0.25, 0.3) is 16.7 Å². The van der Waals surface area contributed by atoms with Gasteiger partial charge in [-0.15, -0.1) is 0 Å². The topological polar surface area (TPSA) is 98.2 Å². The number of pyridine rings is 2. The Bertz CT molecular complexity index is 1160. The van der Waals surface area contributed by atoms with Gasteiger partial charge < -0.3 is 10.8 Å². The van der Waals surface area contributed by atoms with Gasteiger partial charge in [0.25, 0.3) is 0 Å². The van der Waals surface area contributed by atoms with Crippen LogP contribution in [0.1, 0.15) is 10.4 Å². The monoisotopic (exact) mass is 387 g/mol. The number of nitrogens with zero attached hydrogens (tertiary/aromatic N) is 2. The average molecular weight is 388 g/mol. The summed E-state index contributed by atoms with van der Waals surface area (Å²) in [5.41, 5.74) is 0.525. The minimum absolute atomic E-state index is 0.267. The van der Waals surface area contributed by atoms with Crippen LogP contribution in [0.5, 0.6) is 0 Å². The van der Waals surface area contributed by atoms with Crippen LogP contribution in [0, 0.1) is 23.3 Å². The van der Waals surface area contributed by atoms with Gasteiger partial charge in [0.2, 0.25) is 5.43 Å². The van der Waals surface area contributed by atoms with Crippen molar-refractivity contribution in [3.8, 4) is 5.69 Å². The molecular weight excluding hydrogens is 382 g/mol. The molecule has 0 fully saturated rings. The first-order valence-corrected chi connectivity index (χ1v) is 7.09. The summed E-state index contributed by atoms with van der Waals surface area (Å²) in [5, 5.41) is 7.80. The SMILES string of the molecule is Nc1c(F)cc(F)c(-n2cc(C(=O)O)c(=O)c3cc(F)c(Cl)nc32)c1F. The van der Waals surface area contributed by atoms with E-state index in [-0.39, 0.29) is 6.07 Å². The summed E-state index contributed by atoms with van der Waals surface area (Å²) in [7, 11) is 0. The third kappa shape index (κ3) is 2.54. The van der Waals surface area contributed by atoms with Gasteiger partial charge >= 0.3 is 5.97 Å². The number of fused-ring (bicyclic) bond motifs is 1. The zero-order valence-electron chi connectivity index (χ0n) is 12.4. The Morgan fingerprint density at radius 3 is 2.42 bits per heavy atom. The zero-order valence-corrected chi connectivity index (χ0v) is 13.1. The molecule has 0 saturated heterocycles. The highest BCUT2D eigenvalue weighted by Crippen LogP contribution is 2.28. The highest BCUT2D eigenvalue weighted by atomic mass is 35.5. The number of carboxylic acid groups (broad SMARTS) is 1. The summed E-state index contributed by atoms with van der Waals surface area (Å²) in [6.45, 7) is 0. The van der Waals surface area contributed by atoms with Gasteiger partial charge in [0.1, 0.15) is 16.9 Å². The van der Waals surface area contributed by atoms with Gasteiger partial charge in [-0.2, -0.15) is 0 Å². The first kappa shape index (κ1) is 17.7. The molecule has 3 N–H and O–H groups in total. The van der Waals surface area contributed by atoms with Crippen molar-refractivity contribution in [3.63, 3.8) is 0 Å². The Kier molecular flexibility index (Phi) is 4.07. The third-order valence-corrected chi connectivity index (χ3v) is 3.81. The lowest BCUT2D eigenvalue weighted by Crippen LogP contribution is -2.20. The minimum atomic E-state index is -1.74. The second-order valence-corrected chi connectivity index (χ2v) is 5.45. The Balaban J connectivity index is 2.58. The summed E-state index contributed by atoms with van der Waals surface area (Å²) < 4.78 is 56.1. The van der Waals surface area contributed by atoms with Crippen molar-refractivity contribution in [3.05, 3.63) is 62.5 Å². The number of hydrogen-bond donors (Lipinski definition) is 2. The molecule has 0 aliphatic rings. The largest absolute Gasteiger partial charge is 0.477 e. The molecule has 0 amide bonds. The van der Waals surface area contributed by atoms with Crippen LogP contribution in [0.4, 0.5) is 23.2 Å². The number of aromatic carboxylic acids is 1. The molecule has 0 bridgehead atoms. The van der Waals surface area contributed by atoms with Gasteiger partial charge in [-0.25, -0.2) is 27.3 Å². The fourth-order valence-corrected chi connectivity index (χ4v) is 2.47. The predicted molar refractivity (Wildman–Crippen MR) is 83.6 cm³/mol. The number of nitrogens with two attached hydrogens (primary N) is 1. The molecule has 26 heavy (non-hydrogen) atoms. The zero-order chi connectivity index (χ0) is 19.3. The fourth-order valence-electron chi connectivity index (χ4n) is 2.34. The predicted octanol–water partition coefficient (Wildman–Crippen LogP) is 2.88. The molecule has 6 nitrogen and oxygen atoms in total. The third-order valence-electron chi connectivity index (χ3n) is 3.54. The molecule has 0 aliphatic carbocycles. The number of rotatable bonds is 2. The number of carboxylic acids is 1. The van der Waals surface area contributed by atoms with E-state index in [4.69, 9.17) is 22.4 Å². The molecule has 3 rings (SSSR count). The second kappa shape index (κ2) is 5.99. The summed E-state index contributed by atoms with van der Waals surface area (Å²) in [4.78, 5) is 27.0. The molecule has 0 atom stereocenters. The van der Waals surface area contributed by atoms with Crippen LogP contribution in [-0.2, 0) is 0 Å². The van der Waals surface area contributed by atoms with Gasteiger partial charge in [-0.3, -0.25) is 9.36 Å². The van der Waals surface area contributed by atoms with Crippen molar-refractivity contribution in [2.75, 3.05) is 5.73 Å². The van der Waals surface area contributed by atoms with E-state index < -0.39 is 67.8 Å². The maximum Gasteiger partial charge on any atom is 0.341 e. The average Bonchev–Trinajstić information content (AvgIpc) is 2.56. The van der Waals surface area contributed by atoms with Gasteiger partial charge in [0, 0.05) is 12.3 Å². The van der Waals surface area contributed by atoms with E-state index in [0.29, 0.717) is 16.8 Å². The molecular formula is C15H6ClF4N3O3. The van der Waals surface area contributed by atoms with E-state index in [9.17, 15) is 27.2 Å². The molecule has 2 aromatic heterocycles. The molecule has 0 aliphatic heterocycles. The Hall–Kier alpha value is -3.14. The lowest BCUT2D eigenvalue weighted by molar-refractivity contribution is 0.0695. The maximum absolute atomic E-state index is 14.4. The fraction of sp³-hybridized carbons (Fsp3) is 0. The normalized spacial score (nSPS) is 11.1. The van der Waals surface area contributed by atoms with Crippen molar-refractivity contribution in [1.29, 1.82) is 0 Å². The van der Waals surface area contributed by atoms with Crippen molar-refractivity contribution in [2.24, 2.45) is 0 Å². The molecule has 0 radical (unpaired) electrons. The van der Waals surface area contributed by atoms with E-state index in [0.717, 1.165) is 0 Å². The summed E-state index contributed by atoms with van der Waals surface area (Å²) >= 11 is 5.55. The lowest BCUT2D eigenvalue weighted by atomic mass is 10.1. The van der Waals surface area contributed by atoms with E-state index >= 15 is 0 Å². The lowest BCUT2D eigenvalue weighted by Gasteiger charge is -2.15. The molecule has 2 heterocycles. The van der Waals surface area contributed by atoms with Crippen molar-refractivity contribution >= 4 is 34.3 Å². The van der Waals surface area contributed by atoms with E-state index in [2.05, 4.69) is 4.98 Å². The van der Waals surface area contributed by atoms with Crippen LogP contribution in [0.2, 0.25) is 5.15 Å². The number of nitrogen functional groups attached to an aromatic ring is 1. The van der Waals surface area contributed by atoms with Gasteiger partial charge in [0.05, 0.1) is 5.39 Å². The minimum Gasteiger partial charge on any atom is -0.477 e. The number of anilines is 1. The van der Waals surface area contributed by atoms with Gasteiger partial charge in [0.15, 0.2) is 34.1 Å². The number of aromatic nitrogens is 2. The highest BCUT2D eigenvalue weighted by Gasteiger charge is 2.24. The van der Waals surface area contributed by atoms with Gasteiger partial charge in [-0.05, 0) is 6.07 Å². The van der Waals surface area contributed by atoms with E-state index in [1.807, 2.05) is 0 Å². The maximum atomic E-state index is 14.4. The standard InChI is InChI=1S/C15H6ClF4N3O3/c16-13-8(19)1-4-12(24)5(15(25)26)3-23(14(4)22-13)11-7(18)2-6(17)10(21)9(11)20/h1-3H,21H2,(H,25,26). The quantitative estimate of drug-likeness (QED) is 0.400. The van der Waals surface area contributed by atoms with Crippen LogP contribution >= 0.6 is 11.6 Å². The molecule has 0 saturated carbocycles. The number of hydrogen-bond acceptors (Lipinski definition) is 4. The summed E-state index contributed by atoms with van der Waals surface area (Å²) in [5.74, 6) is -7.30. The number of halogens is 5. The number of benzene rings is 1. The number of carbonyl (C=O) groups is 1.